The second-order valence-corrected chi connectivity index (χ2v) is 6.28. The number of benzene rings is 2. The van der Waals surface area contributed by atoms with Crippen molar-refractivity contribution in [1.82, 2.24) is 19.4 Å². The molecule has 0 fully saturated rings. The maximum atomic E-state index is 12.9. The van der Waals surface area contributed by atoms with Crippen LogP contribution < -0.4 is 10.9 Å². The van der Waals surface area contributed by atoms with E-state index in [0.717, 1.165) is 16.8 Å². The summed E-state index contributed by atoms with van der Waals surface area (Å²) in [6, 6.07) is 12.9. The predicted molar refractivity (Wildman–Crippen MR) is 99.3 cm³/mol. The Bertz CT molecular complexity index is 1210. The van der Waals surface area contributed by atoms with Gasteiger partial charge in [0.1, 0.15) is 6.54 Å². The van der Waals surface area contributed by atoms with Gasteiger partial charge in [0, 0.05) is 5.69 Å². The minimum absolute atomic E-state index is 0.117. The summed E-state index contributed by atoms with van der Waals surface area (Å²) < 4.78 is 2.96. The van der Waals surface area contributed by atoms with Crippen LogP contribution in [0.15, 0.2) is 53.5 Å². The molecule has 130 valence electrons. The van der Waals surface area contributed by atoms with E-state index < -0.39 is 0 Å². The maximum absolute atomic E-state index is 12.9. The van der Waals surface area contributed by atoms with E-state index in [1.54, 1.807) is 22.7 Å². The van der Waals surface area contributed by atoms with Crippen molar-refractivity contribution in [1.29, 1.82) is 0 Å². The van der Waals surface area contributed by atoms with Crippen molar-refractivity contribution in [3.05, 3.63) is 70.1 Å². The van der Waals surface area contributed by atoms with Crippen molar-refractivity contribution in [2.45, 2.75) is 20.4 Å². The van der Waals surface area contributed by atoms with E-state index in [4.69, 9.17) is 0 Å². The van der Waals surface area contributed by atoms with Gasteiger partial charge in [0.05, 0.1) is 17.1 Å². The summed E-state index contributed by atoms with van der Waals surface area (Å²) in [5.74, 6) is -0.280. The highest BCUT2D eigenvalue weighted by atomic mass is 16.2. The molecule has 0 aliphatic heterocycles. The zero-order valence-electron chi connectivity index (χ0n) is 14.4. The molecule has 0 aliphatic rings. The van der Waals surface area contributed by atoms with Crippen LogP contribution in [0.3, 0.4) is 0 Å². The van der Waals surface area contributed by atoms with Gasteiger partial charge in [0.15, 0.2) is 5.65 Å². The summed E-state index contributed by atoms with van der Waals surface area (Å²) in [6.45, 7) is 3.81. The Morgan fingerprint density at radius 1 is 1.15 bits per heavy atom. The number of aryl methyl sites for hydroxylation is 2. The van der Waals surface area contributed by atoms with Gasteiger partial charge in [-0.3, -0.25) is 14.2 Å². The quantitative estimate of drug-likeness (QED) is 0.616. The van der Waals surface area contributed by atoms with Gasteiger partial charge in [0.2, 0.25) is 5.91 Å². The molecule has 0 spiro atoms. The number of amides is 1. The largest absolute Gasteiger partial charge is 0.324 e. The van der Waals surface area contributed by atoms with E-state index >= 15 is 0 Å². The van der Waals surface area contributed by atoms with Gasteiger partial charge in [-0.15, -0.1) is 5.10 Å². The Morgan fingerprint density at radius 3 is 2.77 bits per heavy atom. The van der Waals surface area contributed by atoms with Crippen LogP contribution in [0.25, 0.3) is 16.6 Å². The third kappa shape index (κ3) is 2.63. The number of hydrogen-bond acceptors (Lipinski definition) is 4. The number of rotatable bonds is 3. The van der Waals surface area contributed by atoms with Crippen LogP contribution in [0.5, 0.6) is 0 Å². The van der Waals surface area contributed by atoms with Crippen molar-refractivity contribution in [3.8, 4) is 0 Å². The van der Waals surface area contributed by atoms with Crippen LogP contribution in [-0.2, 0) is 11.3 Å². The minimum Gasteiger partial charge on any atom is -0.324 e. The van der Waals surface area contributed by atoms with Crippen LogP contribution in [0.4, 0.5) is 5.69 Å². The van der Waals surface area contributed by atoms with E-state index in [9.17, 15) is 9.59 Å². The van der Waals surface area contributed by atoms with E-state index in [-0.39, 0.29) is 18.0 Å². The second-order valence-electron chi connectivity index (χ2n) is 6.28. The van der Waals surface area contributed by atoms with Gasteiger partial charge < -0.3 is 5.32 Å². The average Bonchev–Trinajstić information content (AvgIpc) is 3.11. The molecular formula is C19H17N5O2. The third-order valence-corrected chi connectivity index (χ3v) is 4.37. The average molecular weight is 347 g/mol. The molecule has 2 aromatic heterocycles. The number of fused-ring (bicyclic) bond motifs is 3. The van der Waals surface area contributed by atoms with Gasteiger partial charge >= 0.3 is 0 Å². The van der Waals surface area contributed by atoms with Crippen molar-refractivity contribution < 1.29 is 4.79 Å². The topological polar surface area (TPSA) is 81.3 Å². The number of para-hydroxylation sites is 1. The lowest BCUT2D eigenvalue weighted by Gasteiger charge is -2.12. The van der Waals surface area contributed by atoms with Crippen molar-refractivity contribution in [2.24, 2.45) is 0 Å². The van der Waals surface area contributed by atoms with E-state index in [1.165, 1.54) is 10.8 Å². The molecule has 0 unspecified atom stereocenters. The van der Waals surface area contributed by atoms with Crippen LogP contribution >= 0.6 is 0 Å². The lowest BCUT2D eigenvalue weighted by atomic mass is 10.1. The maximum Gasteiger partial charge on any atom is 0.262 e. The highest BCUT2D eigenvalue weighted by Crippen LogP contribution is 2.16. The van der Waals surface area contributed by atoms with E-state index in [0.29, 0.717) is 16.6 Å². The van der Waals surface area contributed by atoms with Gasteiger partial charge in [-0.2, -0.15) is 4.52 Å². The monoisotopic (exact) mass is 347 g/mol. The van der Waals surface area contributed by atoms with Crippen LogP contribution in [-0.4, -0.2) is 25.3 Å². The van der Waals surface area contributed by atoms with Crippen molar-refractivity contribution in [3.63, 3.8) is 0 Å². The molecule has 0 saturated carbocycles. The minimum atomic E-state index is -0.280. The Labute approximate surface area is 148 Å². The molecule has 7 nitrogen and oxygen atoms in total. The first kappa shape index (κ1) is 16.0. The number of nitrogens with one attached hydrogen (secondary N) is 1. The van der Waals surface area contributed by atoms with E-state index in [1.807, 2.05) is 38.1 Å². The highest BCUT2D eigenvalue weighted by Gasteiger charge is 2.15. The smallest absolute Gasteiger partial charge is 0.262 e. The Hall–Kier alpha value is -3.48. The predicted octanol–water partition coefficient (Wildman–Crippen LogP) is 2.30. The molecule has 4 rings (SSSR count). The molecule has 1 amide bonds. The molecule has 2 heterocycles. The summed E-state index contributed by atoms with van der Waals surface area (Å²) in [5, 5.41) is 11.3. The molecule has 2 aromatic carbocycles. The molecule has 4 aromatic rings. The Balaban J connectivity index is 1.74. The Kier molecular flexibility index (Phi) is 3.76. The molecule has 0 aliphatic carbocycles. The lowest BCUT2D eigenvalue weighted by Crippen LogP contribution is -2.29. The number of aromatic nitrogens is 4. The molecule has 1 N–H and O–H groups in total. The van der Waals surface area contributed by atoms with Crippen LogP contribution in [0.2, 0.25) is 0 Å². The number of carbonyl (C=O) groups excluding carboxylic acids is 1. The molecule has 0 bridgehead atoms. The van der Waals surface area contributed by atoms with Crippen molar-refractivity contribution >= 4 is 28.1 Å². The fraction of sp³-hybridized carbons (Fsp3) is 0.158. The van der Waals surface area contributed by atoms with Gasteiger partial charge in [-0.1, -0.05) is 35.0 Å². The summed E-state index contributed by atoms with van der Waals surface area (Å²) in [4.78, 5) is 25.4. The SMILES string of the molecule is Cc1ccc(NC(=O)Cn2c(=O)c3ccccc3n3nncc23)c(C)c1. The van der Waals surface area contributed by atoms with E-state index in [2.05, 4.69) is 15.6 Å². The van der Waals surface area contributed by atoms with Gasteiger partial charge in [0.25, 0.3) is 5.56 Å². The highest BCUT2D eigenvalue weighted by molar-refractivity contribution is 5.92. The molecular weight excluding hydrogens is 330 g/mol. The fourth-order valence-corrected chi connectivity index (χ4v) is 3.11. The number of anilines is 1. The standard InChI is InChI=1S/C19H17N5O2/c1-12-7-8-15(13(2)9-12)21-17(25)11-23-18-10-20-22-24(18)16-6-4-3-5-14(16)19(23)26/h3-10H,11H2,1-2H3,(H,21,25). The first-order valence-corrected chi connectivity index (χ1v) is 8.23. The van der Waals surface area contributed by atoms with Crippen LogP contribution in [0, 0.1) is 13.8 Å². The molecule has 0 atom stereocenters. The fourth-order valence-electron chi connectivity index (χ4n) is 3.11. The third-order valence-electron chi connectivity index (χ3n) is 4.37. The number of hydrogen-bond donors (Lipinski definition) is 1. The number of carbonyl (C=O) groups is 1. The zero-order chi connectivity index (χ0) is 18.3. The second kappa shape index (κ2) is 6.11. The summed E-state index contributed by atoms with van der Waals surface area (Å²) in [7, 11) is 0. The molecule has 0 radical (unpaired) electrons. The summed E-state index contributed by atoms with van der Waals surface area (Å²) in [5.41, 5.74) is 3.72. The first-order chi connectivity index (χ1) is 12.5. The summed E-state index contributed by atoms with van der Waals surface area (Å²) >= 11 is 0. The van der Waals surface area contributed by atoms with Gasteiger partial charge in [-0.25, -0.2) is 0 Å². The lowest BCUT2D eigenvalue weighted by molar-refractivity contribution is -0.116. The molecule has 0 saturated heterocycles. The zero-order valence-corrected chi connectivity index (χ0v) is 14.4. The number of nitrogens with zero attached hydrogens (tertiary/aromatic N) is 4. The van der Waals surface area contributed by atoms with Crippen LogP contribution in [0.1, 0.15) is 11.1 Å². The first-order valence-electron chi connectivity index (χ1n) is 8.23. The summed E-state index contributed by atoms with van der Waals surface area (Å²) in [6.07, 6.45) is 1.48. The normalized spacial score (nSPS) is 11.2. The molecule has 26 heavy (non-hydrogen) atoms. The van der Waals surface area contributed by atoms with Crippen molar-refractivity contribution in [2.75, 3.05) is 5.32 Å². The molecule has 7 heteroatoms. The Morgan fingerprint density at radius 2 is 1.96 bits per heavy atom. The van der Waals surface area contributed by atoms with Gasteiger partial charge in [-0.05, 0) is 37.6 Å².